The summed E-state index contributed by atoms with van der Waals surface area (Å²) in [5.74, 6) is 7.46. The Morgan fingerprint density at radius 2 is 1.17 bits per heavy atom. The highest BCUT2D eigenvalue weighted by Crippen LogP contribution is 2.27. The quantitative estimate of drug-likeness (QED) is 0.555. The summed E-state index contributed by atoms with van der Waals surface area (Å²) in [6.07, 6.45) is 0. The first-order chi connectivity index (χ1) is 11.7. The monoisotopic (exact) mass is 322 g/mol. The van der Waals surface area contributed by atoms with Crippen LogP contribution in [-0.4, -0.2) is 24.2 Å². The highest BCUT2D eigenvalue weighted by molar-refractivity contribution is 5.70. The van der Waals surface area contributed by atoms with Gasteiger partial charge in [0.05, 0.1) is 25.6 Å². The Kier molecular flexibility index (Phi) is 4.58. The summed E-state index contributed by atoms with van der Waals surface area (Å²) in [6, 6.07) is 17.3. The van der Waals surface area contributed by atoms with Crippen LogP contribution in [0.1, 0.15) is 0 Å². The minimum atomic E-state index is 0.356. The van der Waals surface area contributed by atoms with Gasteiger partial charge in [-0.3, -0.25) is 5.43 Å². The average Bonchev–Trinajstić information content (AvgIpc) is 2.67. The van der Waals surface area contributed by atoms with Crippen molar-refractivity contribution < 1.29 is 9.47 Å². The van der Waals surface area contributed by atoms with E-state index in [9.17, 15) is 0 Å². The third-order valence-electron chi connectivity index (χ3n) is 3.63. The molecule has 122 valence electrons. The van der Waals surface area contributed by atoms with E-state index in [0.717, 1.165) is 34.0 Å². The number of anilines is 1. The lowest BCUT2D eigenvalue weighted by Crippen LogP contribution is -2.11. The normalized spacial score (nSPS) is 10.3. The molecule has 0 radical (unpaired) electrons. The lowest BCUT2D eigenvalue weighted by atomic mass is 10.1. The summed E-state index contributed by atoms with van der Waals surface area (Å²) in [6.45, 7) is 0. The predicted octanol–water partition coefficient (Wildman–Crippen LogP) is 3.11. The van der Waals surface area contributed by atoms with Crippen molar-refractivity contribution in [1.29, 1.82) is 0 Å². The third-order valence-corrected chi connectivity index (χ3v) is 3.63. The molecule has 0 amide bonds. The Morgan fingerprint density at radius 3 is 1.50 bits per heavy atom. The Balaban J connectivity index is 2.03. The van der Waals surface area contributed by atoms with Crippen molar-refractivity contribution in [2.24, 2.45) is 5.84 Å². The fourth-order valence-electron chi connectivity index (χ4n) is 2.33. The average molecular weight is 322 g/mol. The van der Waals surface area contributed by atoms with Crippen LogP contribution in [0.25, 0.3) is 22.5 Å². The number of hydrogen-bond acceptors (Lipinski definition) is 6. The highest BCUT2D eigenvalue weighted by Gasteiger charge is 2.08. The van der Waals surface area contributed by atoms with Crippen LogP contribution in [0.4, 0.5) is 5.95 Å². The maximum atomic E-state index is 5.52. The zero-order chi connectivity index (χ0) is 16.9. The molecule has 0 atom stereocenters. The molecule has 0 saturated carbocycles. The van der Waals surface area contributed by atoms with Crippen molar-refractivity contribution in [2.45, 2.75) is 0 Å². The molecule has 3 N–H and O–H groups in total. The van der Waals surface area contributed by atoms with E-state index in [4.69, 9.17) is 15.3 Å². The Morgan fingerprint density at radius 1 is 0.750 bits per heavy atom. The van der Waals surface area contributed by atoms with Gasteiger partial charge < -0.3 is 9.47 Å². The Hall–Kier alpha value is -3.12. The second-order valence-corrected chi connectivity index (χ2v) is 5.06. The minimum Gasteiger partial charge on any atom is -0.497 e. The molecular weight excluding hydrogens is 304 g/mol. The molecule has 0 spiro atoms. The summed E-state index contributed by atoms with van der Waals surface area (Å²) in [5, 5.41) is 0. The van der Waals surface area contributed by atoms with E-state index in [-0.39, 0.29) is 0 Å². The molecule has 1 aromatic heterocycles. The van der Waals surface area contributed by atoms with Crippen molar-refractivity contribution in [2.75, 3.05) is 19.6 Å². The van der Waals surface area contributed by atoms with Gasteiger partial charge in [-0.05, 0) is 54.6 Å². The first-order valence-corrected chi connectivity index (χ1v) is 7.38. The molecule has 6 heteroatoms. The van der Waals surface area contributed by atoms with E-state index in [1.165, 1.54) is 0 Å². The fraction of sp³-hybridized carbons (Fsp3) is 0.111. The second kappa shape index (κ2) is 6.97. The largest absolute Gasteiger partial charge is 0.497 e. The Labute approximate surface area is 140 Å². The first-order valence-electron chi connectivity index (χ1n) is 7.38. The lowest BCUT2D eigenvalue weighted by Gasteiger charge is -2.09. The zero-order valence-corrected chi connectivity index (χ0v) is 13.5. The van der Waals surface area contributed by atoms with E-state index in [2.05, 4.69) is 15.4 Å². The van der Waals surface area contributed by atoms with Crippen LogP contribution in [0.3, 0.4) is 0 Å². The topological polar surface area (TPSA) is 82.3 Å². The summed E-state index contributed by atoms with van der Waals surface area (Å²) < 4.78 is 10.4. The number of benzene rings is 2. The number of nitrogens with two attached hydrogens (primary N) is 1. The summed E-state index contributed by atoms with van der Waals surface area (Å²) >= 11 is 0. The number of aromatic nitrogens is 2. The van der Waals surface area contributed by atoms with Crippen LogP contribution >= 0.6 is 0 Å². The lowest BCUT2D eigenvalue weighted by molar-refractivity contribution is 0.415. The van der Waals surface area contributed by atoms with E-state index in [1.54, 1.807) is 14.2 Å². The van der Waals surface area contributed by atoms with Crippen LogP contribution < -0.4 is 20.7 Å². The molecule has 0 fully saturated rings. The molecule has 0 unspecified atom stereocenters. The molecule has 2 aromatic carbocycles. The van der Waals surface area contributed by atoms with Gasteiger partial charge in [0, 0.05) is 11.1 Å². The molecule has 0 aliphatic rings. The molecule has 3 rings (SSSR count). The number of nitrogens with one attached hydrogen (secondary N) is 1. The van der Waals surface area contributed by atoms with Crippen molar-refractivity contribution in [1.82, 2.24) is 9.97 Å². The van der Waals surface area contributed by atoms with Crippen molar-refractivity contribution >= 4 is 5.95 Å². The van der Waals surface area contributed by atoms with E-state index < -0.39 is 0 Å². The number of nitrogens with zero attached hydrogens (tertiary/aromatic N) is 2. The van der Waals surface area contributed by atoms with Crippen LogP contribution in [-0.2, 0) is 0 Å². The first kappa shape index (κ1) is 15.8. The van der Waals surface area contributed by atoms with Crippen LogP contribution in [0.2, 0.25) is 0 Å². The standard InChI is InChI=1S/C18H18N4O2/c1-23-14-7-3-12(4-8-14)16-11-17(21-18(20-16)22-19)13-5-9-15(24-2)10-6-13/h3-11H,19H2,1-2H3,(H,20,21,22). The number of nitrogen functional groups attached to an aromatic ring is 1. The molecule has 0 bridgehead atoms. The smallest absolute Gasteiger partial charge is 0.238 e. The molecule has 0 aliphatic carbocycles. The Bertz CT molecular complexity index is 752. The number of rotatable bonds is 5. The van der Waals surface area contributed by atoms with Gasteiger partial charge in [0.1, 0.15) is 11.5 Å². The van der Waals surface area contributed by atoms with Gasteiger partial charge in [0.15, 0.2) is 0 Å². The van der Waals surface area contributed by atoms with Gasteiger partial charge in [0.25, 0.3) is 0 Å². The summed E-state index contributed by atoms with van der Waals surface area (Å²) in [4.78, 5) is 8.85. The number of hydrogen-bond donors (Lipinski definition) is 2. The molecule has 0 aliphatic heterocycles. The summed E-state index contributed by atoms with van der Waals surface area (Å²) in [7, 11) is 3.27. The van der Waals surface area contributed by atoms with Gasteiger partial charge in [-0.1, -0.05) is 0 Å². The van der Waals surface area contributed by atoms with E-state index in [1.807, 2.05) is 54.6 Å². The molecule has 1 heterocycles. The minimum absolute atomic E-state index is 0.356. The van der Waals surface area contributed by atoms with Gasteiger partial charge in [0.2, 0.25) is 5.95 Å². The van der Waals surface area contributed by atoms with Crippen LogP contribution in [0.15, 0.2) is 54.6 Å². The number of methoxy groups -OCH3 is 2. The van der Waals surface area contributed by atoms with E-state index >= 15 is 0 Å². The molecule has 3 aromatic rings. The van der Waals surface area contributed by atoms with Gasteiger partial charge in [-0.25, -0.2) is 15.8 Å². The van der Waals surface area contributed by atoms with Gasteiger partial charge in [-0.15, -0.1) is 0 Å². The van der Waals surface area contributed by atoms with Gasteiger partial charge >= 0.3 is 0 Å². The highest BCUT2D eigenvalue weighted by atomic mass is 16.5. The van der Waals surface area contributed by atoms with Crippen LogP contribution in [0, 0.1) is 0 Å². The fourth-order valence-corrected chi connectivity index (χ4v) is 2.33. The van der Waals surface area contributed by atoms with Gasteiger partial charge in [-0.2, -0.15) is 0 Å². The van der Waals surface area contributed by atoms with Crippen LogP contribution in [0.5, 0.6) is 11.5 Å². The number of ether oxygens (including phenoxy) is 2. The van der Waals surface area contributed by atoms with Crippen molar-refractivity contribution in [3.8, 4) is 34.0 Å². The number of hydrazine groups is 1. The summed E-state index contributed by atoms with van der Waals surface area (Å²) in [5.41, 5.74) is 5.96. The SMILES string of the molecule is COc1ccc(-c2cc(-c3ccc(OC)cc3)nc(NN)n2)cc1. The van der Waals surface area contributed by atoms with Crippen molar-refractivity contribution in [3.63, 3.8) is 0 Å². The molecule has 24 heavy (non-hydrogen) atoms. The maximum Gasteiger partial charge on any atom is 0.238 e. The van der Waals surface area contributed by atoms with Crippen molar-refractivity contribution in [3.05, 3.63) is 54.6 Å². The maximum absolute atomic E-state index is 5.52. The zero-order valence-electron chi connectivity index (χ0n) is 13.5. The molecule has 6 nitrogen and oxygen atoms in total. The third kappa shape index (κ3) is 3.28. The molecular formula is C18H18N4O2. The second-order valence-electron chi connectivity index (χ2n) is 5.06. The van der Waals surface area contributed by atoms with E-state index in [0.29, 0.717) is 5.95 Å². The molecule has 0 saturated heterocycles. The predicted molar refractivity (Wildman–Crippen MR) is 93.8 cm³/mol.